The van der Waals surface area contributed by atoms with Gasteiger partial charge < -0.3 is 45.7 Å². The monoisotopic (exact) mass is 838 g/mol. The largest absolute Gasteiger partial charge is 0.514 e. The number of carbonyl (C=O) groups excluding carboxylic acids is 4. The summed E-state index contributed by atoms with van der Waals surface area (Å²) in [5.41, 5.74) is 8.18. The molecule has 18 heteroatoms. The van der Waals surface area contributed by atoms with Crippen LogP contribution in [0.15, 0.2) is 59.9 Å². The van der Waals surface area contributed by atoms with Crippen molar-refractivity contribution in [1.82, 2.24) is 15.6 Å². The molecule has 9 N–H and O–H groups in total. The molecule has 1 fully saturated rings. The van der Waals surface area contributed by atoms with E-state index in [0.29, 0.717) is 55.1 Å². The second-order valence-corrected chi connectivity index (χ2v) is 17.1. The average Bonchev–Trinajstić information content (AvgIpc) is 3.85. The number of anilines is 1. The molecule has 4 unspecified atom stereocenters. The van der Waals surface area contributed by atoms with Crippen molar-refractivity contribution in [2.75, 3.05) is 25.1 Å². The van der Waals surface area contributed by atoms with Crippen molar-refractivity contribution in [3.63, 3.8) is 0 Å². The maximum Gasteiger partial charge on any atom is 0.514 e. The van der Waals surface area contributed by atoms with E-state index in [1.54, 1.807) is 43.1 Å². The van der Waals surface area contributed by atoms with Crippen molar-refractivity contribution >= 4 is 35.3 Å². The van der Waals surface area contributed by atoms with Gasteiger partial charge in [0, 0.05) is 42.2 Å². The van der Waals surface area contributed by atoms with Crippen molar-refractivity contribution in [2.24, 2.45) is 41.1 Å². The molecule has 0 heterocycles. The first-order chi connectivity index (χ1) is 28.3. The van der Waals surface area contributed by atoms with Gasteiger partial charge in [-0.15, -0.1) is 0 Å². The Labute approximate surface area is 351 Å². The number of nitrogens with one attached hydrogen (secondary N) is 3. The number of fused-ring (bicyclic) bond motifs is 1. The summed E-state index contributed by atoms with van der Waals surface area (Å²) in [6, 6.07) is 10.6. The van der Waals surface area contributed by atoms with Crippen LogP contribution in [-0.2, 0) is 35.3 Å². The first-order valence-electron chi connectivity index (χ1n) is 20.3. The Morgan fingerprint density at radius 3 is 2.22 bits per heavy atom. The lowest BCUT2D eigenvalue weighted by molar-refractivity contribution is -0.384. The summed E-state index contributed by atoms with van der Waals surface area (Å²) in [5.74, 6) is 12.3. The molecular weight excluding hydrogens is 777 g/mol. The molecule has 3 amide bonds. The molecule has 60 heavy (non-hydrogen) atoms. The van der Waals surface area contributed by atoms with Crippen molar-refractivity contribution < 1.29 is 43.1 Å². The molecule has 1 saturated carbocycles. The van der Waals surface area contributed by atoms with Crippen LogP contribution in [0.2, 0.25) is 0 Å². The van der Waals surface area contributed by atoms with E-state index >= 15 is 0 Å². The smallest absolute Gasteiger partial charge is 0.429 e. The van der Waals surface area contributed by atoms with Crippen LogP contribution in [0.25, 0.3) is 0 Å². The molecule has 2 aromatic rings. The lowest BCUT2D eigenvalue weighted by atomic mass is 9.95. The summed E-state index contributed by atoms with van der Waals surface area (Å²) in [7, 11) is 0. The number of carbonyl (C=O) groups is 4. The van der Waals surface area contributed by atoms with Crippen LogP contribution < -0.4 is 38.2 Å². The number of hydrazine groups is 1. The number of hydrogen-bond donors (Lipinski definition) is 6. The first kappa shape index (κ1) is 47.4. The van der Waals surface area contributed by atoms with E-state index in [4.69, 9.17) is 36.5 Å². The van der Waals surface area contributed by atoms with Gasteiger partial charge in [0.15, 0.2) is 0 Å². The second kappa shape index (κ2) is 21.3. The van der Waals surface area contributed by atoms with E-state index in [-0.39, 0.29) is 42.8 Å². The summed E-state index contributed by atoms with van der Waals surface area (Å²) in [4.78, 5) is 65.9. The highest BCUT2D eigenvalue weighted by Gasteiger charge is 2.49. The zero-order valence-electron chi connectivity index (χ0n) is 35.5. The van der Waals surface area contributed by atoms with E-state index in [9.17, 15) is 29.3 Å². The van der Waals surface area contributed by atoms with Gasteiger partial charge in [0.25, 0.3) is 5.69 Å². The number of amides is 3. The molecule has 4 atom stereocenters. The van der Waals surface area contributed by atoms with Gasteiger partial charge >= 0.3 is 6.16 Å². The average molecular weight is 839 g/mol. The fourth-order valence-corrected chi connectivity index (χ4v) is 7.35. The SMILES string of the molecule is CC(C)C(NC(=O)CCC(C)(C)OCCC(C)(C)N(N)/C1=C(\N)CCC2C(CC1)C2CON)C(=O)NCC(=O)Nc1ccc(COC(=O)Oc2ccc([N+](=O)[O-])cc2)cc1. The molecule has 0 radical (unpaired) electrons. The van der Waals surface area contributed by atoms with Gasteiger partial charge in [0.1, 0.15) is 18.4 Å². The Hall–Kier alpha value is -5.30. The molecule has 2 aliphatic rings. The molecular formula is C42H62N8O10. The Balaban J connectivity index is 1.14. The number of allylic oxidation sites excluding steroid dienone is 2. The van der Waals surface area contributed by atoms with Gasteiger partial charge in [0.05, 0.1) is 29.2 Å². The van der Waals surface area contributed by atoms with Crippen molar-refractivity contribution in [3.05, 3.63) is 75.6 Å². The molecule has 2 aliphatic carbocycles. The molecule has 0 spiro atoms. The predicted molar refractivity (Wildman–Crippen MR) is 223 cm³/mol. The Morgan fingerprint density at radius 2 is 1.60 bits per heavy atom. The summed E-state index contributed by atoms with van der Waals surface area (Å²) in [5, 5.41) is 20.7. The van der Waals surface area contributed by atoms with Crippen LogP contribution >= 0.6 is 0 Å². The van der Waals surface area contributed by atoms with E-state index in [0.717, 1.165) is 37.1 Å². The highest BCUT2D eigenvalue weighted by Crippen LogP contribution is 2.54. The number of nitro groups is 1. The number of ether oxygens (including phenoxy) is 3. The zero-order valence-corrected chi connectivity index (χ0v) is 35.5. The van der Waals surface area contributed by atoms with Crippen molar-refractivity contribution in [2.45, 2.75) is 110 Å². The minimum atomic E-state index is -0.993. The van der Waals surface area contributed by atoms with Crippen LogP contribution in [-0.4, -0.2) is 70.7 Å². The van der Waals surface area contributed by atoms with Crippen LogP contribution in [0, 0.1) is 33.8 Å². The van der Waals surface area contributed by atoms with Crippen LogP contribution in [0.3, 0.4) is 0 Å². The molecule has 0 saturated heterocycles. The highest BCUT2D eigenvalue weighted by molar-refractivity contribution is 5.96. The molecule has 0 bridgehead atoms. The van der Waals surface area contributed by atoms with E-state index in [1.165, 1.54) is 24.3 Å². The van der Waals surface area contributed by atoms with Crippen molar-refractivity contribution in [3.8, 4) is 5.75 Å². The van der Waals surface area contributed by atoms with Crippen LogP contribution in [0.5, 0.6) is 5.75 Å². The maximum absolute atomic E-state index is 13.1. The van der Waals surface area contributed by atoms with Crippen LogP contribution in [0.4, 0.5) is 16.2 Å². The molecule has 4 rings (SSSR count). The first-order valence-corrected chi connectivity index (χ1v) is 20.3. The van der Waals surface area contributed by atoms with E-state index in [2.05, 4.69) is 29.8 Å². The molecule has 18 nitrogen and oxygen atoms in total. The number of hydrogen-bond acceptors (Lipinski definition) is 14. The third-order valence-electron chi connectivity index (χ3n) is 11.3. The zero-order chi connectivity index (χ0) is 44.2. The fourth-order valence-electron chi connectivity index (χ4n) is 7.35. The number of non-ortho nitro benzene ring substituents is 1. The summed E-state index contributed by atoms with van der Waals surface area (Å²) < 4.78 is 16.4. The van der Waals surface area contributed by atoms with Gasteiger partial charge in [-0.3, -0.25) is 24.5 Å². The Kier molecular flexibility index (Phi) is 16.8. The van der Waals surface area contributed by atoms with Gasteiger partial charge in [-0.25, -0.2) is 16.5 Å². The van der Waals surface area contributed by atoms with Gasteiger partial charge in [-0.1, -0.05) is 26.0 Å². The molecule has 0 aliphatic heterocycles. The van der Waals surface area contributed by atoms with E-state index < -0.39 is 40.1 Å². The normalized spacial score (nSPS) is 19.5. The van der Waals surface area contributed by atoms with Crippen molar-refractivity contribution in [1.29, 1.82) is 0 Å². The number of benzene rings is 2. The summed E-state index contributed by atoms with van der Waals surface area (Å²) in [6.45, 7) is 12.1. The minimum absolute atomic E-state index is 0.0885. The summed E-state index contributed by atoms with van der Waals surface area (Å²) >= 11 is 0. The summed E-state index contributed by atoms with van der Waals surface area (Å²) in [6.07, 6.45) is 3.75. The van der Waals surface area contributed by atoms with E-state index in [1.807, 2.05) is 13.8 Å². The predicted octanol–water partition coefficient (Wildman–Crippen LogP) is 4.92. The minimum Gasteiger partial charge on any atom is -0.429 e. The number of nitrogens with two attached hydrogens (primary N) is 3. The second-order valence-electron chi connectivity index (χ2n) is 17.1. The molecule has 330 valence electrons. The Morgan fingerprint density at radius 1 is 0.950 bits per heavy atom. The molecule has 2 aromatic carbocycles. The lowest BCUT2D eigenvalue weighted by Crippen LogP contribution is -2.51. The number of nitrogens with zero attached hydrogens (tertiary/aromatic N) is 2. The standard InChI is InChI=1S/C42H62N8O10/c1-26(2)38(39(53)46-23-37(52)47-28-9-7-27(8-10-28)24-57-40(54)60-30-13-11-29(12-14-30)50(55)56)48-36(51)19-20-42(5,6)58-22-21-41(3,4)49(44)35-18-16-32-31(15-17-34(35)43)33(32)25-59-45/h7-14,26,31-33,38H,15-25,43-45H2,1-6H3,(H,46,53)(H,47,52)(H,48,51)/b35-34-. The van der Waals surface area contributed by atoms with Crippen LogP contribution in [0.1, 0.15) is 92.1 Å². The molecule has 0 aromatic heterocycles. The third-order valence-corrected chi connectivity index (χ3v) is 11.3. The third kappa shape index (κ3) is 14.2. The van der Waals surface area contributed by atoms with Gasteiger partial charge in [-0.2, -0.15) is 0 Å². The number of rotatable bonds is 21. The maximum atomic E-state index is 13.1. The van der Waals surface area contributed by atoms with Gasteiger partial charge in [-0.05, 0) is 120 Å². The fraction of sp³-hybridized carbons (Fsp3) is 0.571. The topological polar surface area (TPSA) is 266 Å². The number of nitro benzene ring substituents is 1. The Bertz CT molecular complexity index is 1830. The quantitative estimate of drug-likeness (QED) is 0.0320. The van der Waals surface area contributed by atoms with Gasteiger partial charge in [0.2, 0.25) is 17.7 Å². The lowest BCUT2D eigenvalue weighted by Gasteiger charge is -2.40. The highest BCUT2D eigenvalue weighted by atomic mass is 16.7.